The van der Waals surface area contributed by atoms with E-state index in [9.17, 15) is 20.0 Å². The quantitative estimate of drug-likeness (QED) is 0.319. The van der Waals surface area contributed by atoms with Crippen LogP contribution in [-0.2, 0) is 6.42 Å². The Kier molecular flexibility index (Phi) is 6.74. The van der Waals surface area contributed by atoms with Gasteiger partial charge in [-0.15, -0.1) is 0 Å². The number of aromatic amines is 1. The van der Waals surface area contributed by atoms with Crippen LogP contribution < -0.4 is 15.4 Å². The number of imidazole rings is 1. The van der Waals surface area contributed by atoms with E-state index in [1.807, 2.05) is 24.3 Å². The maximum atomic E-state index is 12.8. The molecule has 0 unspecified atom stereocenters. The second kappa shape index (κ2) is 9.86. The summed E-state index contributed by atoms with van der Waals surface area (Å²) in [7, 11) is 1.60. The molecule has 1 aliphatic rings. The summed E-state index contributed by atoms with van der Waals surface area (Å²) < 4.78 is 5.21. The van der Waals surface area contributed by atoms with E-state index < -0.39 is 11.0 Å². The summed E-state index contributed by atoms with van der Waals surface area (Å²) in [5, 5.41) is 26.8. The molecule has 1 saturated carbocycles. The summed E-state index contributed by atoms with van der Waals surface area (Å²) in [6, 6.07) is 11.2. The van der Waals surface area contributed by atoms with E-state index in [2.05, 4.69) is 20.6 Å². The number of rotatable bonds is 7. The zero-order valence-corrected chi connectivity index (χ0v) is 18.3. The number of ether oxygens (including phenoxy) is 1. The largest absolute Gasteiger partial charge is 0.497 e. The van der Waals surface area contributed by atoms with Crippen molar-refractivity contribution in [1.82, 2.24) is 20.6 Å². The summed E-state index contributed by atoms with van der Waals surface area (Å²) in [5.74, 6) is 1.24. The zero-order chi connectivity index (χ0) is 23.4. The zero-order valence-electron chi connectivity index (χ0n) is 18.3. The third-order valence-corrected chi connectivity index (χ3v) is 5.96. The number of amides is 2. The van der Waals surface area contributed by atoms with E-state index in [4.69, 9.17) is 4.74 Å². The fourth-order valence-corrected chi connectivity index (χ4v) is 4.11. The third kappa shape index (κ3) is 5.58. The summed E-state index contributed by atoms with van der Waals surface area (Å²) >= 11 is 0. The second-order valence-electron chi connectivity index (χ2n) is 8.31. The Labute approximate surface area is 190 Å². The first-order chi connectivity index (χ1) is 15.9. The number of non-ortho nitro benzene ring substituents is 1. The highest BCUT2D eigenvalue weighted by atomic mass is 16.6. The molecule has 2 aromatic carbocycles. The number of hydrogen-bond acceptors (Lipinski definition) is 6. The molecule has 2 amide bonds. The Balaban J connectivity index is 1.55. The molecule has 4 N–H and O–H groups in total. The maximum Gasteiger partial charge on any atom is 0.315 e. The SMILES string of the molecule is COc1ccc(C[C@@H](NC(=O)NC2CCC(O)CC2)c2nc3ccc([N+](=O)[O-])cc3[nH]2)cc1. The molecular weight excluding hydrogens is 426 g/mol. The lowest BCUT2D eigenvalue weighted by Gasteiger charge is -2.27. The van der Waals surface area contributed by atoms with Gasteiger partial charge < -0.3 is 25.5 Å². The Hall–Kier alpha value is -3.66. The molecule has 33 heavy (non-hydrogen) atoms. The van der Waals surface area contributed by atoms with Crippen molar-refractivity contribution >= 4 is 22.8 Å². The van der Waals surface area contributed by atoms with Crippen LogP contribution in [0.25, 0.3) is 11.0 Å². The average molecular weight is 453 g/mol. The maximum absolute atomic E-state index is 12.8. The van der Waals surface area contributed by atoms with Crippen LogP contribution in [0.1, 0.15) is 43.1 Å². The van der Waals surface area contributed by atoms with Crippen LogP contribution in [0, 0.1) is 10.1 Å². The second-order valence-corrected chi connectivity index (χ2v) is 8.31. The minimum absolute atomic E-state index is 0.00774. The van der Waals surface area contributed by atoms with Crippen molar-refractivity contribution in [3.63, 3.8) is 0 Å². The van der Waals surface area contributed by atoms with Gasteiger partial charge in [0.2, 0.25) is 0 Å². The first-order valence-electron chi connectivity index (χ1n) is 10.9. The molecule has 3 aromatic rings. The van der Waals surface area contributed by atoms with Crippen LogP contribution in [0.2, 0.25) is 0 Å². The molecule has 0 radical (unpaired) electrons. The van der Waals surface area contributed by atoms with Gasteiger partial charge in [-0.1, -0.05) is 12.1 Å². The molecule has 10 nitrogen and oxygen atoms in total. The van der Waals surface area contributed by atoms with Crippen molar-refractivity contribution in [3.05, 3.63) is 64.0 Å². The van der Waals surface area contributed by atoms with E-state index in [1.54, 1.807) is 13.2 Å². The number of aromatic nitrogens is 2. The fraction of sp³-hybridized carbons (Fsp3) is 0.391. The van der Waals surface area contributed by atoms with Crippen molar-refractivity contribution in [1.29, 1.82) is 0 Å². The smallest absolute Gasteiger partial charge is 0.315 e. The average Bonchev–Trinajstić information content (AvgIpc) is 3.24. The number of benzene rings is 2. The molecular formula is C23H27N5O5. The summed E-state index contributed by atoms with van der Waals surface area (Å²) in [6.45, 7) is 0. The molecule has 1 aliphatic carbocycles. The normalized spacial score (nSPS) is 19.1. The number of methoxy groups -OCH3 is 1. The number of nitro benzene ring substituents is 1. The Morgan fingerprint density at radius 3 is 2.64 bits per heavy atom. The van der Waals surface area contributed by atoms with E-state index in [0.29, 0.717) is 36.1 Å². The van der Waals surface area contributed by atoms with Gasteiger partial charge >= 0.3 is 6.03 Å². The molecule has 0 bridgehead atoms. The number of nitrogens with zero attached hydrogens (tertiary/aromatic N) is 2. The molecule has 10 heteroatoms. The van der Waals surface area contributed by atoms with Crippen LogP contribution in [0.4, 0.5) is 10.5 Å². The third-order valence-electron chi connectivity index (χ3n) is 5.96. The number of nitrogens with one attached hydrogen (secondary N) is 3. The van der Waals surface area contributed by atoms with Gasteiger partial charge in [0.15, 0.2) is 0 Å². The highest BCUT2D eigenvalue weighted by molar-refractivity contribution is 5.78. The van der Waals surface area contributed by atoms with Gasteiger partial charge in [0, 0.05) is 18.2 Å². The van der Waals surface area contributed by atoms with Gasteiger partial charge in [0.1, 0.15) is 11.6 Å². The minimum Gasteiger partial charge on any atom is -0.497 e. The monoisotopic (exact) mass is 453 g/mol. The number of carbonyl (C=O) groups excluding carboxylic acids is 1. The van der Waals surface area contributed by atoms with E-state index >= 15 is 0 Å². The highest BCUT2D eigenvalue weighted by Gasteiger charge is 2.24. The van der Waals surface area contributed by atoms with Gasteiger partial charge in [-0.3, -0.25) is 10.1 Å². The molecule has 4 rings (SSSR count). The number of urea groups is 1. The number of aliphatic hydroxyl groups is 1. The van der Waals surface area contributed by atoms with Gasteiger partial charge in [-0.25, -0.2) is 9.78 Å². The van der Waals surface area contributed by atoms with Gasteiger partial charge in [-0.05, 0) is 55.9 Å². The van der Waals surface area contributed by atoms with E-state index in [1.165, 1.54) is 12.1 Å². The molecule has 0 aliphatic heterocycles. The number of carbonyl (C=O) groups is 1. The standard InChI is InChI=1S/C23H27N5O5/c1-33-18-9-2-14(3-10-18)12-21(27-23(30)24-15-4-7-17(29)8-5-15)22-25-19-11-6-16(28(31)32)13-20(19)26-22/h2-3,6,9-11,13,15,17,21,29H,4-5,7-8,12H2,1H3,(H,25,26)(H2,24,27,30)/t15?,17?,21-/m1/s1. The van der Waals surface area contributed by atoms with Crippen LogP contribution in [0.5, 0.6) is 5.75 Å². The molecule has 1 atom stereocenters. The van der Waals surface area contributed by atoms with Crippen molar-refractivity contribution in [2.24, 2.45) is 0 Å². The number of hydrogen-bond donors (Lipinski definition) is 4. The van der Waals surface area contributed by atoms with Gasteiger partial charge in [0.25, 0.3) is 5.69 Å². The fourth-order valence-electron chi connectivity index (χ4n) is 4.11. The van der Waals surface area contributed by atoms with Crippen molar-refractivity contribution in [2.75, 3.05) is 7.11 Å². The molecule has 1 fully saturated rings. The van der Waals surface area contributed by atoms with Crippen LogP contribution in [-0.4, -0.2) is 45.3 Å². The Bertz CT molecular complexity index is 1120. The minimum atomic E-state index is -0.487. The summed E-state index contributed by atoms with van der Waals surface area (Å²) in [6.07, 6.45) is 2.96. The first kappa shape index (κ1) is 22.5. The van der Waals surface area contributed by atoms with Gasteiger partial charge in [-0.2, -0.15) is 0 Å². The van der Waals surface area contributed by atoms with Crippen LogP contribution >= 0.6 is 0 Å². The molecule has 1 heterocycles. The number of H-pyrrole nitrogens is 1. The summed E-state index contributed by atoms with van der Waals surface area (Å²) in [5.41, 5.74) is 2.05. The Morgan fingerprint density at radius 1 is 1.24 bits per heavy atom. The number of nitro groups is 1. The molecule has 0 saturated heterocycles. The van der Waals surface area contributed by atoms with Crippen LogP contribution in [0.15, 0.2) is 42.5 Å². The van der Waals surface area contributed by atoms with E-state index in [0.717, 1.165) is 24.2 Å². The predicted octanol–water partition coefficient (Wildman–Crippen LogP) is 3.37. The first-order valence-corrected chi connectivity index (χ1v) is 10.9. The summed E-state index contributed by atoms with van der Waals surface area (Å²) in [4.78, 5) is 31.2. The topological polar surface area (TPSA) is 142 Å². The van der Waals surface area contributed by atoms with Gasteiger partial charge in [0.05, 0.1) is 35.2 Å². The predicted molar refractivity (Wildman–Crippen MR) is 122 cm³/mol. The van der Waals surface area contributed by atoms with Crippen molar-refractivity contribution < 1.29 is 19.6 Å². The van der Waals surface area contributed by atoms with E-state index in [-0.39, 0.29) is 23.9 Å². The number of aliphatic hydroxyl groups excluding tert-OH is 1. The van der Waals surface area contributed by atoms with Crippen LogP contribution in [0.3, 0.4) is 0 Å². The highest BCUT2D eigenvalue weighted by Crippen LogP contribution is 2.24. The molecule has 0 spiro atoms. The van der Waals surface area contributed by atoms with Crippen molar-refractivity contribution in [2.45, 2.75) is 50.3 Å². The van der Waals surface area contributed by atoms with Crippen molar-refractivity contribution in [3.8, 4) is 5.75 Å². The number of fused-ring (bicyclic) bond motifs is 1. The molecule has 174 valence electrons. The Morgan fingerprint density at radius 2 is 1.97 bits per heavy atom. The lowest BCUT2D eigenvalue weighted by atomic mass is 9.93. The molecule has 1 aromatic heterocycles. The lowest BCUT2D eigenvalue weighted by molar-refractivity contribution is -0.384. The lowest BCUT2D eigenvalue weighted by Crippen LogP contribution is -2.45.